The van der Waals surface area contributed by atoms with Crippen molar-refractivity contribution < 1.29 is 35.9 Å². The molecule has 2 heterocycles. The van der Waals surface area contributed by atoms with Crippen molar-refractivity contribution in [2.45, 2.75) is 55.1 Å². The summed E-state index contributed by atoms with van der Waals surface area (Å²) >= 11 is 1.13. The predicted octanol–water partition coefficient (Wildman–Crippen LogP) is 4.64. The molecule has 0 unspecified atom stereocenters. The quantitative estimate of drug-likeness (QED) is 0.337. The molecule has 232 valence electrons. The SMILES string of the molecule is C[C@@H]1CCCC[C@H]1NC(=O)CSc1nnc(-c2cccc(S(=O)(=O)N3CCOCC3)c2)n1-c1ccc(OC(F)(F)F)cc1. The van der Waals surface area contributed by atoms with Crippen LogP contribution in [0.25, 0.3) is 17.1 Å². The third-order valence-electron chi connectivity index (χ3n) is 7.45. The summed E-state index contributed by atoms with van der Waals surface area (Å²) in [5.41, 5.74) is 0.824. The summed E-state index contributed by atoms with van der Waals surface area (Å²) < 4.78 is 77.1. The minimum Gasteiger partial charge on any atom is -0.406 e. The van der Waals surface area contributed by atoms with E-state index in [1.54, 1.807) is 16.7 Å². The van der Waals surface area contributed by atoms with E-state index < -0.39 is 22.1 Å². The fourth-order valence-corrected chi connectivity index (χ4v) is 7.44. The van der Waals surface area contributed by atoms with Crippen molar-refractivity contribution >= 4 is 27.7 Å². The normalized spacial score (nSPS) is 20.1. The number of alkyl halides is 3. The van der Waals surface area contributed by atoms with E-state index >= 15 is 0 Å². The molecule has 10 nitrogen and oxygen atoms in total. The monoisotopic (exact) mass is 639 g/mol. The van der Waals surface area contributed by atoms with E-state index in [-0.39, 0.29) is 41.5 Å². The Morgan fingerprint density at radius 2 is 1.81 bits per heavy atom. The van der Waals surface area contributed by atoms with Crippen LogP contribution < -0.4 is 10.1 Å². The maximum atomic E-state index is 13.3. The van der Waals surface area contributed by atoms with Gasteiger partial charge in [0.2, 0.25) is 15.9 Å². The lowest BCUT2D eigenvalue weighted by molar-refractivity contribution is -0.274. The summed E-state index contributed by atoms with van der Waals surface area (Å²) in [6, 6.07) is 11.5. The third-order valence-corrected chi connectivity index (χ3v) is 10.3. The lowest BCUT2D eigenvalue weighted by atomic mass is 9.86. The molecule has 3 aromatic rings. The summed E-state index contributed by atoms with van der Waals surface area (Å²) in [6.45, 7) is 3.19. The molecule has 43 heavy (non-hydrogen) atoms. The van der Waals surface area contributed by atoms with Gasteiger partial charge < -0.3 is 14.8 Å². The Morgan fingerprint density at radius 3 is 2.51 bits per heavy atom. The second-order valence-corrected chi connectivity index (χ2v) is 13.3. The number of hydrogen-bond acceptors (Lipinski definition) is 8. The second kappa shape index (κ2) is 13.2. The van der Waals surface area contributed by atoms with Gasteiger partial charge in [0.15, 0.2) is 11.0 Å². The van der Waals surface area contributed by atoms with E-state index in [1.807, 2.05) is 0 Å². The molecule has 2 fully saturated rings. The molecule has 5 rings (SSSR count). The highest BCUT2D eigenvalue weighted by atomic mass is 32.2. The molecule has 1 aliphatic heterocycles. The summed E-state index contributed by atoms with van der Waals surface area (Å²) in [5.74, 6) is 0.123. The maximum Gasteiger partial charge on any atom is 0.573 e. The van der Waals surface area contributed by atoms with Crippen molar-refractivity contribution in [1.29, 1.82) is 0 Å². The van der Waals surface area contributed by atoms with Crippen molar-refractivity contribution in [1.82, 2.24) is 24.4 Å². The molecule has 2 aliphatic rings. The molecule has 2 aromatic carbocycles. The number of morpholine rings is 1. The first-order valence-corrected chi connectivity index (χ1v) is 16.4. The van der Waals surface area contributed by atoms with Gasteiger partial charge in [-0.3, -0.25) is 9.36 Å². The van der Waals surface area contributed by atoms with Gasteiger partial charge in [-0.05, 0) is 55.2 Å². The van der Waals surface area contributed by atoms with E-state index in [0.29, 0.717) is 35.5 Å². The summed E-state index contributed by atoms with van der Waals surface area (Å²) in [7, 11) is -3.81. The first-order chi connectivity index (χ1) is 20.5. The Balaban J connectivity index is 1.45. The number of benzene rings is 2. The van der Waals surface area contributed by atoms with Crippen molar-refractivity contribution in [3.63, 3.8) is 0 Å². The van der Waals surface area contributed by atoms with Crippen LogP contribution in [0.1, 0.15) is 32.6 Å². The van der Waals surface area contributed by atoms with Crippen molar-refractivity contribution in [3.8, 4) is 22.8 Å². The number of aromatic nitrogens is 3. The molecular weight excluding hydrogens is 607 g/mol. The van der Waals surface area contributed by atoms with Crippen LogP contribution >= 0.6 is 11.8 Å². The Bertz CT molecular complexity index is 1530. The molecule has 1 N–H and O–H groups in total. The predicted molar refractivity (Wildman–Crippen MR) is 153 cm³/mol. The smallest absolute Gasteiger partial charge is 0.406 e. The summed E-state index contributed by atoms with van der Waals surface area (Å²) in [5, 5.41) is 12.0. The number of thioether (sulfide) groups is 1. The number of rotatable bonds is 9. The highest BCUT2D eigenvalue weighted by Crippen LogP contribution is 2.32. The number of ether oxygens (including phenoxy) is 2. The number of nitrogens with one attached hydrogen (secondary N) is 1. The van der Waals surface area contributed by atoms with E-state index in [2.05, 4.69) is 27.2 Å². The molecule has 0 radical (unpaired) electrons. The summed E-state index contributed by atoms with van der Waals surface area (Å²) in [4.78, 5) is 12.9. The number of hydrogen-bond donors (Lipinski definition) is 1. The third kappa shape index (κ3) is 7.69. The minimum atomic E-state index is -4.85. The zero-order valence-corrected chi connectivity index (χ0v) is 25.1. The largest absolute Gasteiger partial charge is 0.573 e. The van der Waals surface area contributed by atoms with Crippen LogP contribution in [0.15, 0.2) is 58.6 Å². The highest BCUT2D eigenvalue weighted by molar-refractivity contribution is 7.99. The zero-order valence-electron chi connectivity index (χ0n) is 23.4. The first kappa shape index (κ1) is 31.3. The average molecular weight is 640 g/mol. The van der Waals surface area contributed by atoms with E-state index in [0.717, 1.165) is 49.6 Å². The zero-order chi connectivity index (χ0) is 30.6. The van der Waals surface area contributed by atoms with Crippen molar-refractivity contribution in [3.05, 3.63) is 48.5 Å². The molecule has 0 bridgehead atoms. The number of amides is 1. The van der Waals surface area contributed by atoms with Gasteiger partial charge in [0.1, 0.15) is 5.75 Å². The Morgan fingerprint density at radius 1 is 1.09 bits per heavy atom. The Hall–Kier alpha value is -3.14. The number of halogens is 3. The standard InChI is InChI=1S/C28H32F3N5O5S2/c1-19-5-2-3-8-24(19)32-25(37)18-42-27-34-33-26(36(27)21-9-11-22(12-10-21)41-28(29,30)31)20-6-4-7-23(17-20)43(38,39)35-13-15-40-16-14-35/h4,6-7,9-12,17,19,24H,2-3,5,8,13-16,18H2,1H3,(H,32,37)/t19-,24-/m1/s1. The van der Waals surface area contributed by atoms with Crippen LogP contribution in [0.5, 0.6) is 5.75 Å². The molecule has 1 saturated heterocycles. The van der Waals surface area contributed by atoms with Gasteiger partial charge in [-0.2, -0.15) is 4.31 Å². The Kier molecular flexibility index (Phi) is 9.63. The number of carbonyl (C=O) groups excluding carboxylic acids is 1. The number of carbonyl (C=O) groups is 1. The highest BCUT2D eigenvalue weighted by Gasteiger charge is 2.31. The van der Waals surface area contributed by atoms with Gasteiger partial charge in [-0.25, -0.2) is 8.42 Å². The molecule has 2 atom stereocenters. The average Bonchev–Trinajstić information content (AvgIpc) is 3.41. The molecule has 1 saturated carbocycles. The van der Waals surface area contributed by atoms with Crippen LogP contribution in [-0.4, -0.2) is 77.9 Å². The topological polar surface area (TPSA) is 116 Å². The molecule has 1 aromatic heterocycles. The fourth-order valence-electron chi connectivity index (χ4n) is 5.22. The van der Waals surface area contributed by atoms with Gasteiger partial charge >= 0.3 is 6.36 Å². The van der Waals surface area contributed by atoms with Crippen LogP contribution in [0.2, 0.25) is 0 Å². The van der Waals surface area contributed by atoms with Gasteiger partial charge in [0, 0.05) is 30.4 Å². The molecule has 1 amide bonds. The van der Waals surface area contributed by atoms with Crippen LogP contribution in [0, 0.1) is 5.92 Å². The number of nitrogens with zero attached hydrogens (tertiary/aromatic N) is 4. The maximum absolute atomic E-state index is 13.3. The van der Waals surface area contributed by atoms with Crippen molar-refractivity contribution in [2.24, 2.45) is 5.92 Å². The van der Waals surface area contributed by atoms with Crippen LogP contribution in [-0.2, 0) is 19.6 Å². The summed E-state index contributed by atoms with van der Waals surface area (Å²) in [6.07, 6.45) is -0.650. The van der Waals surface area contributed by atoms with Crippen LogP contribution in [0.4, 0.5) is 13.2 Å². The molecule has 0 spiro atoms. The Labute approximate surface area is 252 Å². The van der Waals surface area contributed by atoms with E-state index in [9.17, 15) is 26.4 Å². The van der Waals surface area contributed by atoms with Gasteiger partial charge in [0.25, 0.3) is 0 Å². The second-order valence-electron chi connectivity index (χ2n) is 10.5. The fraction of sp³-hybridized carbons (Fsp3) is 0.464. The first-order valence-electron chi connectivity index (χ1n) is 13.9. The van der Waals surface area contributed by atoms with Gasteiger partial charge in [-0.15, -0.1) is 23.4 Å². The molecule has 1 aliphatic carbocycles. The van der Waals surface area contributed by atoms with E-state index in [4.69, 9.17) is 4.74 Å². The van der Waals surface area contributed by atoms with Gasteiger partial charge in [0.05, 0.1) is 23.9 Å². The van der Waals surface area contributed by atoms with Crippen LogP contribution in [0.3, 0.4) is 0 Å². The van der Waals surface area contributed by atoms with E-state index in [1.165, 1.54) is 28.6 Å². The molecular formula is C28H32F3N5O5S2. The molecule has 15 heteroatoms. The lowest BCUT2D eigenvalue weighted by Crippen LogP contribution is -2.41. The van der Waals surface area contributed by atoms with Gasteiger partial charge in [-0.1, -0.05) is 43.7 Å². The number of sulfonamides is 1. The van der Waals surface area contributed by atoms with Crippen molar-refractivity contribution in [2.75, 3.05) is 32.1 Å². The minimum absolute atomic E-state index is 0.0437. The lowest BCUT2D eigenvalue weighted by Gasteiger charge is -2.29.